The summed E-state index contributed by atoms with van der Waals surface area (Å²) in [7, 11) is 0. The number of rotatable bonds is 5. The molecule has 0 amide bonds. The molecule has 0 spiro atoms. The molecule has 0 aliphatic rings. The second-order valence-electron chi connectivity index (χ2n) is 3.71. The normalized spacial score (nSPS) is 11.9. The van der Waals surface area contributed by atoms with Crippen LogP contribution in [0.15, 0.2) is 48.2 Å². The van der Waals surface area contributed by atoms with E-state index < -0.39 is 6.17 Å². The molecule has 0 heterocycles. The van der Waals surface area contributed by atoms with Crippen LogP contribution >= 0.6 is 0 Å². The Hall–Kier alpha value is -1.33. The summed E-state index contributed by atoms with van der Waals surface area (Å²) >= 11 is 0. The second-order valence-corrected chi connectivity index (χ2v) is 3.71. The molecule has 15 heavy (non-hydrogen) atoms. The molecular weight excluding hydrogens is 187 g/mol. The highest BCUT2D eigenvalue weighted by atomic mass is 19.1. The highest BCUT2D eigenvalue weighted by Gasteiger charge is 2.07. The lowest BCUT2D eigenvalue weighted by Gasteiger charge is -2.06. The van der Waals surface area contributed by atoms with E-state index in [-0.39, 0.29) is 0 Å². The summed E-state index contributed by atoms with van der Waals surface area (Å²) < 4.78 is 13.4. The van der Waals surface area contributed by atoms with Crippen molar-refractivity contribution in [3.8, 4) is 0 Å². The molecule has 1 atom stereocenters. The van der Waals surface area contributed by atoms with Gasteiger partial charge in [-0.25, -0.2) is 4.39 Å². The van der Waals surface area contributed by atoms with Crippen LogP contribution in [0.3, 0.4) is 0 Å². The number of alkyl halides is 1. The third kappa shape index (κ3) is 4.14. The van der Waals surface area contributed by atoms with Crippen LogP contribution in [0.4, 0.5) is 4.39 Å². The number of aryl methyl sites for hydroxylation is 1. The third-order valence-electron chi connectivity index (χ3n) is 2.51. The van der Waals surface area contributed by atoms with Crippen molar-refractivity contribution in [1.82, 2.24) is 0 Å². The number of allylic oxidation sites excluding steroid dienone is 1. The van der Waals surface area contributed by atoms with Crippen LogP contribution in [-0.2, 0) is 6.42 Å². The predicted octanol–water partition coefficient (Wildman–Crippen LogP) is 4.08. The molecule has 1 aromatic rings. The van der Waals surface area contributed by atoms with Crippen molar-refractivity contribution in [2.45, 2.75) is 32.4 Å². The van der Waals surface area contributed by atoms with Crippen molar-refractivity contribution in [3.05, 3.63) is 53.8 Å². The molecular formula is C14H17F. The summed E-state index contributed by atoms with van der Waals surface area (Å²) in [4.78, 5) is 0. The Balaban J connectivity index is 2.31. The monoisotopic (exact) mass is 204 g/mol. The fraction of sp³-hybridized carbons (Fsp3) is 0.357. The summed E-state index contributed by atoms with van der Waals surface area (Å²) in [6, 6.07) is 10.2. The summed E-state index contributed by atoms with van der Waals surface area (Å²) in [5.74, 6) is 0. The highest BCUT2D eigenvalue weighted by Crippen LogP contribution is 2.13. The maximum Gasteiger partial charge on any atom is 0.128 e. The van der Waals surface area contributed by atoms with Crippen LogP contribution in [-0.4, -0.2) is 6.17 Å². The minimum Gasteiger partial charge on any atom is -0.242 e. The van der Waals surface area contributed by atoms with Gasteiger partial charge in [-0.1, -0.05) is 36.9 Å². The van der Waals surface area contributed by atoms with Crippen molar-refractivity contribution in [3.63, 3.8) is 0 Å². The number of benzene rings is 1. The zero-order chi connectivity index (χ0) is 11.1. The summed E-state index contributed by atoms with van der Waals surface area (Å²) in [5.41, 5.74) is 4.49. The van der Waals surface area contributed by atoms with E-state index in [4.69, 9.17) is 0 Å². The van der Waals surface area contributed by atoms with Gasteiger partial charge in [-0.05, 0) is 31.7 Å². The van der Waals surface area contributed by atoms with Gasteiger partial charge in [0.1, 0.15) is 6.17 Å². The van der Waals surface area contributed by atoms with Gasteiger partial charge in [0.25, 0.3) is 0 Å². The van der Waals surface area contributed by atoms with Crippen molar-refractivity contribution < 1.29 is 4.39 Å². The smallest absolute Gasteiger partial charge is 0.128 e. The molecule has 1 aromatic carbocycles. The lowest BCUT2D eigenvalue weighted by atomic mass is 10.0. The maximum absolute atomic E-state index is 13.4. The third-order valence-corrected chi connectivity index (χ3v) is 2.51. The predicted molar refractivity (Wildman–Crippen MR) is 62.6 cm³/mol. The highest BCUT2D eigenvalue weighted by molar-refractivity contribution is 5.14. The van der Waals surface area contributed by atoms with Crippen molar-refractivity contribution >= 4 is 0 Å². The van der Waals surface area contributed by atoms with E-state index in [9.17, 15) is 4.39 Å². The lowest BCUT2D eigenvalue weighted by Crippen LogP contribution is -2.01. The zero-order valence-corrected chi connectivity index (χ0v) is 9.17. The van der Waals surface area contributed by atoms with Crippen LogP contribution in [0.2, 0.25) is 0 Å². The van der Waals surface area contributed by atoms with Gasteiger partial charge in [-0.15, -0.1) is 5.73 Å². The molecule has 0 aliphatic heterocycles. The van der Waals surface area contributed by atoms with Crippen molar-refractivity contribution in [1.29, 1.82) is 0 Å². The Morgan fingerprint density at radius 2 is 2.07 bits per heavy atom. The van der Waals surface area contributed by atoms with Gasteiger partial charge in [0, 0.05) is 5.57 Å². The van der Waals surface area contributed by atoms with E-state index in [1.807, 2.05) is 18.2 Å². The van der Waals surface area contributed by atoms with E-state index in [0.717, 1.165) is 12.8 Å². The SMILES string of the molecule is C=C=C(C)[C@@H](F)CCCc1ccccc1. The second kappa shape index (κ2) is 6.21. The average molecular weight is 204 g/mol. The van der Waals surface area contributed by atoms with E-state index in [1.54, 1.807) is 6.92 Å². The molecule has 1 rings (SSSR count). The summed E-state index contributed by atoms with van der Waals surface area (Å²) in [5, 5.41) is 0. The van der Waals surface area contributed by atoms with E-state index in [2.05, 4.69) is 24.4 Å². The van der Waals surface area contributed by atoms with Crippen LogP contribution in [0, 0.1) is 0 Å². The minimum absolute atomic E-state index is 0.559. The largest absolute Gasteiger partial charge is 0.242 e. The number of hydrogen-bond donors (Lipinski definition) is 0. The molecule has 0 bridgehead atoms. The van der Waals surface area contributed by atoms with Gasteiger partial charge in [0.15, 0.2) is 0 Å². The Kier molecular flexibility index (Phi) is 4.86. The summed E-state index contributed by atoms with van der Waals surface area (Å²) in [6.07, 6.45) is 1.48. The fourth-order valence-electron chi connectivity index (χ4n) is 1.46. The molecule has 0 unspecified atom stereocenters. The van der Waals surface area contributed by atoms with E-state index >= 15 is 0 Å². The van der Waals surface area contributed by atoms with E-state index in [0.29, 0.717) is 12.0 Å². The van der Waals surface area contributed by atoms with Gasteiger partial charge in [0.2, 0.25) is 0 Å². The zero-order valence-electron chi connectivity index (χ0n) is 9.17. The first-order valence-corrected chi connectivity index (χ1v) is 5.28. The lowest BCUT2D eigenvalue weighted by molar-refractivity contribution is 0.354. The fourth-order valence-corrected chi connectivity index (χ4v) is 1.46. The molecule has 0 radical (unpaired) electrons. The number of hydrogen-bond acceptors (Lipinski definition) is 0. The Labute approximate surface area is 91.1 Å². The first-order chi connectivity index (χ1) is 7.24. The topological polar surface area (TPSA) is 0 Å². The van der Waals surface area contributed by atoms with Crippen molar-refractivity contribution in [2.75, 3.05) is 0 Å². The first kappa shape index (κ1) is 11.7. The van der Waals surface area contributed by atoms with Gasteiger partial charge in [0.05, 0.1) is 0 Å². The Morgan fingerprint density at radius 1 is 1.40 bits per heavy atom. The molecule has 80 valence electrons. The minimum atomic E-state index is -0.883. The van der Waals surface area contributed by atoms with Crippen LogP contribution in [0.25, 0.3) is 0 Å². The molecule has 0 nitrogen and oxygen atoms in total. The molecule has 0 saturated carbocycles. The van der Waals surface area contributed by atoms with Crippen LogP contribution < -0.4 is 0 Å². The molecule has 0 fully saturated rings. The summed E-state index contributed by atoms with van der Waals surface area (Å²) in [6.45, 7) is 5.18. The van der Waals surface area contributed by atoms with Gasteiger partial charge in [-0.3, -0.25) is 0 Å². The Bertz CT molecular complexity index is 334. The van der Waals surface area contributed by atoms with Crippen LogP contribution in [0.1, 0.15) is 25.3 Å². The first-order valence-electron chi connectivity index (χ1n) is 5.28. The van der Waals surface area contributed by atoms with Crippen LogP contribution in [0.5, 0.6) is 0 Å². The molecule has 0 N–H and O–H groups in total. The maximum atomic E-state index is 13.4. The molecule has 0 aliphatic carbocycles. The van der Waals surface area contributed by atoms with E-state index in [1.165, 1.54) is 5.56 Å². The molecule has 1 heteroatoms. The standard InChI is InChI=1S/C14H17F/c1-3-12(2)14(15)11-7-10-13-8-5-4-6-9-13/h4-6,8-9,14H,1,7,10-11H2,2H3/t14-/m0/s1. The number of halogens is 1. The van der Waals surface area contributed by atoms with Gasteiger partial charge >= 0.3 is 0 Å². The molecule has 0 aromatic heterocycles. The quantitative estimate of drug-likeness (QED) is 0.634. The Morgan fingerprint density at radius 3 is 2.67 bits per heavy atom. The molecule has 0 saturated heterocycles. The van der Waals surface area contributed by atoms with Gasteiger partial charge < -0.3 is 0 Å². The van der Waals surface area contributed by atoms with Crippen molar-refractivity contribution in [2.24, 2.45) is 0 Å². The van der Waals surface area contributed by atoms with Gasteiger partial charge in [-0.2, -0.15) is 0 Å². The average Bonchev–Trinajstić information content (AvgIpc) is 2.29.